The molecule has 0 amide bonds. The first-order valence-corrected chi connectivity index (χ1v) is 7.16. The van der Waals surface area contributed by atoms with E-state index in [0.29, 0.717) is 13.0 Å². The number of hydrogen-bond acceptors (Lipinski definition) is 3. The fourth-order valence-corrected chi connectivity index (χ4v) is 2.10. The Morgan fingerprint density at radius 3 is 2.14 bits per heavy atom. The topological polar surface area (TPSA) is 29.5 Å². The van der Waals surface area contributed by atoms with Gasteiger partial charge in [0.15, 0.2) is 0 Å². The Morgan fingerprint density at radius 2 is 1.52 bits per heavy atom. The van der Waals surface area contributed by atoms with Crippen molar-refractivity contribution in [1.82, 2.24) is 4.90 Å². The van der Waals surface area contributed by atoms with E-state index < -0.39 is 0 Å². The Labute approximate surface area is 126 Å². The predicted octanol–water partition coefficient (Wildman–Crippen LogP) is 2.90. The molecule has 0 saturated carbocycles. The van der Waals surface area contributed by atoms with E-state index in [1.807, 2.05) is 55.6 Å². The van der Waals surface area contributed by atoms with E-state index in [1.165, 1.54) is 5.56 Å². The Bertz CT molecular complexity index is 540. The summed E-state index contributed by atoms with van der Waals surface area (Å²) in [5.41, 5.74) is 2.25. The van der Waals surface area contributed by atoms with Crippen LogP contribution in [0.4, 0.5) is 0 Å². The van der Waals surface area contributed by atoms with Crippen LogP contribution < -0.4 is 0 Å². The molecular formula is C18H21NO2. The summed E-state index contributed by atoms with van der Waals surface area (Å²) in [6.07, 6.45) is 0.337. The van der Waals surface area contributed by atoms with Gasteiger partial charge in [-0.3, -0.25) is 9.69 Å². The van der Waals surface area contributed by atoms with Crippen LogP contribution in [0.2, 0.25) is 0 Å². The van der Waals surface area contributed by atoms with Crippen molar-refractivity contribution in [2.24, 2.45) is 0 Å². The van der Waals surface area contributed by atoms with Crippen LogP contribution in [-0.2, 0) is 22.5 Å². The largest absolute Gasteiger partial charge is 0.464 e. The normalized spacial score (nSPS) is 10.6. The second kappa shape index (κ2) is 8.22. The molecule has 21 heavy (non-hydrogen) atoms. The maximum absolute atomic E-state index is 11.7. The van der Waals surface area contributed by atoms with Crippen molar-refractivity contribution >= 4 is 5.97 Å². The maximum Gasteiger partial charge on any atom is 0.310 e. The van der Waals surface area contributed by atoms with Crippen LogP contribution in [0.15, 0.2) is 60.7 Å². The number of nitrogens with zero attached hydrogens (tertiary/aromatic N) is 1. The first-order valence-electron chi connectivity index (χ1n) is 7.16. The van der Waals surface area contributed by atoms with Gasteiger partial charge in [-0.1, -0.05) is 60.7 Å². The van der Waals surface area contributed by atoms with Crippen molar-refractivity contribution in [1.29, 1.82) is 0 Å². The highest BCUT2D eigenvalue weighted by Gasteiger charge is 2.05. The average molecular weight is 283 g/mol. The first-order chi connectivity index (χ1) is 10.2. The van der Waals surface area contributed by atoms with E-state index in [4.69, 9.17) is 4.74 Å². The molecule has 0 aromatic heterocycles. The molecular weight excluding hydrogens is 262 g/mol. The fourth-order valence-electron chi connectivity index (χ4n) is 2.10. The third-order valence-electron chi connectivity index (χ3n) is 3.22. The quantitative estimate of drug-likeness (QED) is 0.732. The summed E-state index contributed by atoms with van der Waals surface area (Å²) in [5.74, 6) is -0.172. The molecule has 2 aromatic rings. The highest BCUT2D eigenvalue weighted by molar-refractivity contribution is 5.72. The molecule has 3 nitrogen and oxygen atoms in total. The predicted molar refractivity (Wildman–Crippen MR) is 83.9 cm³/mol. The zero-order chi connectivity index (χ0) is 14.9. The van der Waals surface area contributed by atoms with E-state index in [9.17, 15) is 4.79 Å². The molecule has 0 N–H and O–H groups in total. The Hall–Kier alpha value is -2.13. The average Bonchev–Trinajstić information content (AvgIpc) is 2.49. The van der Waals surface area contributed by atoms with Gasteiger partial charge in [-0.2, -0.15) is 0 Å². The minimum Gasteiger partial charge on any atom is -0.464 e. The monoisotopic (exact) mass is 283 g/mol. The highest BCUT2D eigenvalue weighted by atomic mass is 16.5. The molecule has 0 saturated heterocycles. The molecule has 0 bridgehead atoms. The van der Waals surface area contributed by atoms with Crippen molar-refractivity contribution < 1.29 is 9.53 Å². The number of rotatable bonds is 7. The molecule has 0 aliphatic rings. The summed E-state index contributed by atoms with van der Waals surface area (Å²) >= 11 is 0. The smallest absolute Gasteiger partial charge is 0.310 e. The number of carbonyl (C=O) groups excluding carboxylic acids is 1. The number of ether oxygens (including phenoxy) is 1. The molecule has 2 aromatic carbocycles. The second-order valence-corrected chi connectivity index (χ2v) is 5.11. The number of carbonyl (C=O) groups is 1. The van der Waals surface area contributed by atoms with Crippen LogP contribution in [-0.4, -0.2) is 31.1 Å². The molecule has 0 spiro atoms. The molecule has 0 fully saturated rings. The summed E-state index contributed by atoms with van der Waals surface area (Å²) in [6.45, 7) is 2.02. The van der Waals surface area contributed by atoms with Gasteiger partial charge >= 0.3 is 5.97 Å². The van der Waals surface area contributed by atoms with Crippen molar-refractivity contribution in [2.45, 2.75) is 13.0 Å². The van der Waals surface area contributed by atoms with Gasteiger partial charge in [0.05, 0.1) is 6.42 Å². The molecule has 110 valence electrons. The molecule has 0 aliphatic carbocycles. The Kier molecular flexibility index (Phi) is 5.98. The lowest BCUT2D eigenvalue weighted by molar-refractivity contribution is -0.143. The van der Waals surface area contributed by atoms with E-state index in [1.54, 1.807) is 0 Å². The molecule has 0 heterocycles. The first kappa shape index (κ1) is 15.3. The van der Waals surface area contributed by atoms with Gasteiger partial charge in [0, 0.05) is 13.1 Å². The van der Waals surface area contributed by atoms with Gasteiger partial charge in [-0.25, -0.2) is 0 Å². The van der Waals surface area contributed by atoms with Gasteiger partial charge < -0.3 is 4.74 Å². The lowest BCUT2D eigenvalue weighted by Crippen LogP contribution is -2.24. The van der Waals surface area contributed by atoms with E-state index in [2.05, 4.69) is 17.0 Å². The lowest BCUT2D eigenvalue weighted by atomic mass is 10.2. The second-order valence-electron chi connectivity index (χ2n) is 5.11. The van der Waals surface area contributed by atoms with E-state index >= 15 is 0 Å². The SMILES string of the molecule is CN(CCOC(=O)Cc1ccccc1)Cc1ccccc1. The molecule has 0 radical (unpaired) electrons. The summed E-state index contributed by atoms with van der Waals surface area (Å²) in [4.78, 5) is 13.9. The van der Waals surface area contributed by atoms with E-state index in [-0.39, 0.29) is 5.97 Å². The van der Waals surface area contributed by atoms with Crippen molar-refractivity contribution in [3.05, 3.63) is 71.8 Å². The third-order valence-corrected chi connectivity index (χ3v) is 3.22. The van der Waals surface area contributed by atoms with Gasteiger partial charge in [0.2, 0.25) is 0 Å². The number of esters is 1. The minimum absolute atomic E-state index is 0.172. The van der Waals surface area contributed by atoms with Crippen LogP contribution >= 0.6 is 0 Å². The van der Waals surface area contributed by atoms with Crippen molar-refractivity contribution in [3.8, 4) is 0 Å². The Morgan fingerprint density at radius 1 is 0.952 bits per heavy atom. The zero-order valence-corrected chi connectivity index (χ0v) is 12.4. The fraction of sp³-hybridized carbons (Fsp3) is 0.278. The number of likely N-dealkylation sites (N-methyl/N-ethyl adjacent to an activating group) is 1. The zero-order valence-electron chi connectivity index (χ0n) is 12.4. The molecule has 0 unspecified atom stereocenters. The third kappa shape index (κ3) is 5.79. The van der Waals surface area contributed by atoms with Gasteiger partial charge in [0.25, 0.3) is 0 Å². The Balaban J connectivity index is 1.66. The minimum atomic E-state index is -0.172. The van der Waals surface area contributed by atoms with Crippen LogP contribution in [0.3, 0.4) is 0 Å². The van der Waals surface area contributed by atoms with Crippen LogP contribution in [0, 0.1) is 0 Å². The summed E-state index contributed by atoms with van der Waals surface area (Å²) < 4.78 is 5.27. The summed E-state index contributed by atoms with van der Waals surface area (Å²) in [7, 11) is 2.03. The summed E-state index contributed by atoms with van der Waals surface area (Å²) in [5, 5.41) is 0. The number of hydrogen-bond donors (Lipinski definition) is 0. The maximum atomic E-state index is 11.7. The molecule has 3 heteroatoms. The van der Waals surface area contributed by atoms with Crippen LogP contribution in [0.5, 0.6) is 0 Å². The van der Waals surface area contributed by atoms with E-state index in [0.717, 1.165) is 18.7 Å². The highest BCUT2D eigenvalue weighted by Crippen LogP contribution is 2.03. The molecule has 0 aliphatic heterocycles. The van der Waals surface area contributed by atoms with Crippen molar-refractivity contribution in [2.75, 3.05) is 20.2 Å². The summed E-state index contributed by atoms with van der Waals surface area (Å²) in [6, 6.07) is 19.9. The van der Waals surface area contributed by atoms with Gasteiger partial charge in [-0.15, -0.1) is 0 Å². The van der Waals surface area contributed by atoms with Crippen LogP contribution in [0.1, 0.15) is 11.1 Å². The standard InChI is InChI=1S/C18H21NO2/c1-19(15-17-10-6-3-7-11-17)12-13-21-18(20)14-16-8-4-2-5-9-16/h2-11H,12-15H2,1H3. The number of benzene rings is 2. The van der Waals surface area contributed by atoms with Gasteiger partial charge in [-0.05, 0) is 18.2 Å². The van der Waals surface area contributed by atoms with Crippen LogP contribution in [0.25, 0.3) is 0 Å². The van der Waals surface area contributed by atoms with Gasteiger partial charge in [0.1, 0.15) is 6.61 Å². The van der Waals surface area contributed by atoms with Crippen molar-refractivity contribution in [3.63, 3.8) is 0 Å². The lowest BCUT2D eigenvalue weighted by Gasteiger charge is -2.16. The molecule has 2 rings (SSSR count). The molecule has 0 atom stereocenters.